The summed E-state index contributed by atoms with van der Waals surface area (Å²) < 4.78 is 37.8. The van der Waals surface area contributed by atoms with Gasteiger partial charge in [0.05, 0.1) is 12.7 Å². The molecule has 2 heterocycles. The molecule has 0 amide bonds. The Balaban J connectivity index is 1.99. The first kappa shape index (κ1) is 16.4. The van der Waals surface area contributed by atoms with Crippen molar-refractivity contribution in [2.75, 3.05) is 32.8 Å². The molecule has 1 aromatic heterocycles. The fraction of sp³-hybridized carbons (Fsp3) is 0.692. The number of likely N-dealkylation sites (N-methyl/N-ethyl adjacent to an activating group) is 1. The summed E-state index contributed by atoms with van der Waals surface area (Å²) in [5, 5.41) is 9.00. The van der Waals surface area contributed by atoms with E-state index in [0.29, 0.717) is 13.2 Å². The standard InChI is InChI=1S/C13H22N2O5S/c1-3-15-4-5-19-12(8-15)7-14-21(17,18)13-6-11(9-16)20-10(13)2/h6,12,14,16H,3-5,7-9H2,1-2H3. The number of aliphatic hydroxyl groups is 1. The molecule has 1 fully saturated rings. The highest BCUT2D eigenvalue weighted by Crippen LogP contribution is 2.20. The molecule has 1 aromatic rings. The molecule has 1 unspecified atom stereocenters. The summed E-state index contributed by atoms with van der Waals surface area (Å²) in [4.78, 5) is 2.28. The highest BCUT2D eigenvalue weighted by molar-refractivity contribution is 7.89. The lowest BCUT2D eigenvalue weighted by Gasteiger charge is -2.32. The van der Waals surface area contributed by atoms with Crippen molar-refractivity contribution in [3.05, 3.63) is 17.6 Å². The fourth-order valence-electron chi connectivity index (χ4n) is 2.34. The molecule has 1 aliphatic heterocycles. The first-order valence-corrected chi connectivity index (χ1v) is 8.48. The Kier molecular flexibility index (Phi) is 5.39. The Labute approximate surface area is 124 Å². The number of aryl methyl sites for hydroxylation is 1. The second-order valence-corrected chi connectivity index (χ2v) is 6.76. The van der Waals surface area contributed by atoms with E-state index in [1.54, 1.807) is 6.92 Å². The lowest BCUT2D eigenvalue weighted by Crippen LogP contribution is -2.47. The Morgan fingerprint density at radius 1 is 1.52 bits per heavy atom. The maximum Gasteiger partial charge on any atom is 0.244 e. The molecule has 0 bridgehead atoms. The van der Waals surface area contributed by atoms with Crippen molar-refractivity contribution in [2.24, 2.45) is 0 Å². The van der Waals surface area contributed by atoms with E-state index in [2.05, 4.69) is 16.5 Å². The highest BCUT2D eigenvalue weighted by Gasteiger charge is 2.25. The van der Waals surface area contributed by atoms with Crippen molar-refractivity contribution in [3.8, 4) is 0 Å². The molecule has 2 N–H and O–H groups in total. The van der Waals surface area contributed by atoms with Gasteiger partial charge in [-0.25, -0.2) is 13.1 Å². The van der Waals surface area contributed by atoms with Crippen molar-refractivity contribution in [2.45, 2.75) is 31.5 Å². The normalized spacial score (nSPS) is 20.8. The predicted octanol–water partition coefficient (Wildman–Crippen LogP) is 0.0793. The SMILES string of the molecule is CCN1CCOC(CNS(=O)(=O)c2cc(CO)oc2C)C1. The number of rotatable bonds is 6. The largest absolute Gasteiger partial charge is 0.462 e. The van der Waals surface area contributed by atoms with Crippen LogP contribution < -0.4 is 4.72 Å². The zero-order chi connectivity index (χ0) is 15.5. The fourth-order valence-corrected chi connectivity index (χ4v) is 3.61. The van der Waals surface area contributed by atoms with Gasteiger partial charge in [0.15, 0.2) is 0 Å². The second kappa shape index (κ2) is 6.89. The first-order chi connectivity index (χ1) is 9.96. The van der Waals surface area contributed by atoms with Crippen molar-refractivity contribution in [3.63, 3.8) is 0 Å². The number of hydrogen-bond acceptors (Lipinski definition) is 6. The van der Waals surface area contributed by atoms with Gasteiger partial charge in [0.25, 0.3) is 0 Å². The topological polar surface area (TPSA) is 92.0 Å². The molecule has 0 radical (unpaired) electrons. The van der Waals surface area contributed by atoms with Crippen LogP contribution >= 0.6 is 0 Å². The average Bonchev–Trinajstić information content (AvgIpc) is 2.87. The zero-order valence-corrected chi connectivity index (χ0v) is 13.1. The summed E-state index contributed by atoms with van der Waals surface area (Å²) in [6, 6.07) is 1.34. The van der Waals surface area contributed by atoms with Crippen LogP contribution in [0, 0.1) is 6.92 Å². The molecule has 0 saturated carbocycles. The molecule has 0 aliphatic carbocycles. The van der Waals surface area contributed by atoms with Gasteiger partial charge in [-0.05, 0) is 13.5 Å². The molecule has 0 aromatic carbocycles. The van der Waals surface area contributed by atoms with Gasteiger partial charge in [0.1, 0.15) is 23.0 Å². The van der Waals surface area contributed by atoms with Crippen LogP contribution in [0.3, 0.4) is 0 Å². The third kappa shape index (κ3) is 4.04. The lowest BCUT2D eigenvalue weighted by atomic mass is 10.3. The minimum Gasteiger partial charge on any atom is -0.462 e. The summed E-state index contributed by atoms with van der Waals surface area (Å²) in [6.07, 6.45) is -0.155. The highest BCUT2D eigenvalue weighted by atomic mass is 32.2. The smallest absolute Gasteiger partial charge is 0.244 e. The van der Waals surface area contributed by atoms with Gasteiger partial charge in [-0.3, -0.25) is 4.90 Å². The molecule has 1 atom stereocenters. The molecule has 7 nitrogen and oxygen atoms in total. The first-order valence-electron chi connectivity index (χ1n) is 7.00. The maximum absolute atomic E-state index is 12.3. The third-order valence-corrected chi connectivity index (χ3v) is 5.07. The molecule has 120 valence electrons. The third-order valence-electron chi connectivity index (χ3n) is 3.54. The minimum absolute atomic E-state index is 0.0645. The Morgan fingerprint density at radius 3 is 2.90 bits per heavy atom. The summed E-state index contributed by atoms with van der Waals surface area (Å²) in [7, 11) is -3.66. The van der Waals surface area contributed by atoms with E-state index in [4.69, 9.17) is 14.3 Å². The minimum atomic E-state index is -3.66. The van der Waals surface area contributed by atoms with Crippen LogP contribution in [0.1, 0.15) is 18.4 Å². The van der Waals surface area contributed by atoms with Crippen molar-refractivity contribution in [1.82, 2.24) is 9.62 Å². The van der Waals surface area contributed by atoms with Crippen LogP contribution in [-0.4, -0.2) is 57.3 Å². The second-order valence-electron chi connectivity index (χ2n) is 5.03. The van der Waals surface area contributed by atoms with E-state index in [0.717, 1.165) is 13.1 Å². The van der Waals surface area contributed by atoms with E-state index >= 15 is 0 Å². The average molecular weight is 318 g/mol. The van der Waals surface area contributed by atoms with Crippen molar-refractivity contribution >= 4 is 10.0 Å². The van der Waals surface area contributed by atoms with E-state index in [1.165, 1.54) is 6.07 Å². The van der Waals surface area contributed by atoms with Crippen molar-refractivity contribution < 1.29 is 22.7 Å². The molecule has 21 heavy (non-hydrogen) atoms. The number of aliphatic hydroxyl groups excluding tert-OH is 1. The van der Waals surface area contributed by atoms with Gasteiger partial charge in [0.2, 0.25) is 10.0 Å². The van der Waals surface area contributed by atoms with E-state index in [1.807, 2.05) is 0 Å². The van der Waals surface area contributed by atoms with Crippen LogP contribution in [0.25, 0.3) is 0 Å². The summed E-state index contributed by atoms with van der Waals surface area (Å²) in [6.45, 7) is 6.64. The molecule has 1 aliphatic rings. The number of hydrogen-bond donors (Lipinski definition) is 2. The predicted molar refractivity (Wildman–Crippen MR) is 76.4 cm³/mol. The molecule has 0 spiro atoms. The van der Waals surface area contributed by atoms with Gasteiger partial charge < -0.3 is 14.3 Å². The number of ether oxygens (including phenoxy) is 1. The summed E-state index contributed by atoms with van der Waals surface area (Å²) in [5.74, 6) is 0.505. The Hall–Kier alpha value is -0.930. The summed E-state index contributed by atoms with van der Waals surface area (Å²) >= 11 is 0. The number of morpholine rings is 1. The van der Waals surface area contributed by atoms with Crippen LogP contribution in [0.2, 0.25) is 0 Å². The number of nitrogens with one attached hydrogen (secondary N) is 1. The zero-order valence-electron chi connectivity index (χ0n) is 12.3. The monoisotopic (exact) mass is 318 g/mol. The lowest BCUT2D eigenvalue weighted by molar-refractivity contribution is -0.0229. The van der Waals surface area contributed by atoms with E-state index in [-0.39, 0.29) is 35.7 Å². The maximum atomic E-state index is 12.3. The van der Waals surface area contributed by atoms with Gasteiger partial charge in [-0.2, -0.15) is 0 Å². The molecule has 8 heteroatoms. The molecular weight excluding hydrogens is 296 g/mol. The van der Waals surface area contributed by atoms with Crippen molar-refractivity contribution in [1.29, 1.82) is 0 Å². The molecular formula is C13H22N2O5S. The van der Waals surface area contributed by atoms with Crippen LogP contribution in [-0.2, 0) is 21.4 Å². The number of nitrogens with zero attached hydrogens (tertiary/aromatic N) is 1. The van der Waals surface area contributed by atoms with E-state index in [9.17, 15) is 8.42 Å². The molecule has 1 saturated heterocycles. The Bertz CT molecular complexity index is 569. The van der Waals surface area contributed by atoms with E-state index < -0.39 is 10.0 Å². The van der Waals surface area contributed by atoms with Crippen LogP contribution in [0.5, 0.6) is 0 Å². The summed E-state index contributed by atoms with van der Waals surface area (Å²) in [5.41, 5.74) is 0. The Morgan fingerprint density at radius 2 is 2.29 bits per heavy atom. The van der Waals surface area contributed by atoms with Crippen LogP contribution in [0.4, 0.5) is 0 Å². The quantitative estimate of drug-likeness (QED) is 0.772. The van der Waals surface area contributed by atoms with Gasteiger partial charge in [0, 0.05) is 25.7 Å². The van der Waals surface area contributed by atoms with Gasteiger partial charge >= 0.3 is 0 Å². The van der Waals surface area contributed by atoms with Gasteiger partial charge in [-0.1, -0.05) is 6.92 Å². The van der Waals surface area contributed by atoms with Crippen LogP contribution in [0.15, 0.2) is 15.4 Å². The molecule has 2 rings (SSSR count). The number of furan rings is 1. The number of sulfonamides is 1. The van der Waals surface area contributed by atoms with Gasteiger partial charge in [-0.15, -0.1) is 0 Å².